The van der Waals surface area contributed by atoms with Crippen LogP contribution < -0.4 is 5.32 Å². The van der Waals surface area contributed by atoms with Crippen molar-refractivity contribution in [2.24, 2.45) is 11.8 Å². The van der Waals surface area contributed by atoms with E-state index in [1.54, 1.807) is 6.07 Å². The maximum Gasteiger partial charge on any atom is 0.306 e. The zero-order valence-corrected chi connectivity index (χ0v) is 13.8. The largest absolute Gasteiger partial charge is 0.481 e. The van der Waals surface area contributed by atoms with E-state index in [1.807, 2.05) is 12.1 Å². The van der Waals surface area contributed by atoms with Crippen LogP contribution in [0.1, 0.15) is 31.2 Å². The molecule has 1 aliphatic rings. The molecule has 2 N–H and O–H groups in total. The SMILES string of the molecule is O=C(O)C1CCC(C(=O)NCc2ccc(Br)cc2Cl)CC1. The van der Waals surface area contributed by atoms with Crippen molar-refractivity contribution in [2.75, 3.05) is 0 Å². The highest BCUT2D eigenvalue weighted by Gasteiger charge is 2.29. The molecule has 4 nitrogen and oxygen atoms in total. The predicted molar refractivity (Wildman–Crippen MR) is 84.1 cm³/mol. The third kappa shape index (κ3) is 4.45. The van der Waals surface area contributed by atoms with Crippen molar-refractivity contribution in [1.29, 1.82) is 0 Å². The third-order valence-corrected chi connectivity index (χ3v) is 4.76. The van der Waals surface area contributed by atoms with E-state index in [-0.39, 0.29) is 17.7 Å². The number of carboxylic acid groups (broad SMARTS) is 1. The zero-order chi connectivity index (χ0) is 15.4. The van der Waals surface area contributed by atoms with E-state index in [0.29, 0.717) is 37.3 Å². The van der Waals surface area contributed by atoms with Gasteiger partial charge < -0.3 is 10.4 Å². The first-order valence-corrected chi connectivity index (χ1v) is 8.09. The minimum absolute atomic E-state index is 0.0159. The van der Waals surface area contributed by atoms with E-state index in [9.17, 15) is 9.59 Å². The van der Waals surface area contributed by atoms with Crippen LogP contribution in [0.5, 0.6) is 0 Å². The van der Waals surface area contributed by atoms with Crippen LogP contribution in [0.4, 0.5) is 0 Å². The van der Waals surface area contributed by atoms with Gasteiger partial charge in [0.05, 0.1) is 5.92 Å². The van der Waals surface area contributed by atoms with Gasteiger partial charge >= 0.3 is 5.97 Å². The van der Waals surface area contributed by atoms with E-state index in [0.717, 1.165) is 10.0 Å². The Morgan fingerprint density at radius 2 is 1.86 bits per heavy atom. The fourth-order valence-electron chi connectivity index (χ4n) is 2.59. The quantitative estimate of drug-likeness (QED) is 0.846. The molecule has 0 unspecified atom stereocenters. The number of hydrogen-bond acceptors (Lipinski definition) is 2. The van der Waals surface area contributed by atoms with Crippen molar-refractivity contribution in [1.82, 2.24) is 5.32 Å². The molecule has 0 atom stereocenters. The van der Waals surface area contributed by atoms with E-state index >= 15 is 0 Å². The highest BCUT2D eigenvalue weighted by atomic mass is 79.9. The number of rotatable bonds is 4. The topological polar surface area (TPSA) is 66.4 Å². The minimum atomic E-state index is -0.754. The zero-order valence-electron chi connectivity index (χ0n) is 11.4. The van der Waals surface area contributed by atoms with Crippen molar-refractivity contribution in [3.05, 3.63) is 33.3 Å². The smallest absolute Gasteiger partial charge is 0.306 e. The first-order valence-electron chi connectivity index (χ1n) is 6.92. The van der Waals surface area contributed by atoms with E-state index < -0.39 is 5.97 Å². The summed E-state index contributed by atoms with van der Waals surface area (Å²) in [6, 6.07) is 5.54. The van der Waals surface area contributed by atoms with Crippen LogP contribution in [0.15, 0.2) is 22.7 Å². The maximum atomic E-state index is 12.1. The summed E-state index contributed by atoms with van der Waals surface area (Å²) >= 11 is 9.44. The van der Waals surface area contributed by atoms with Gasteiger partial charge in [-0.25, -0.2) is 0 Å². The summed E-state index contributed by atoms with van der Waals surface area (Å²) in [6.07, 6.45) is 2.42. The molecule has 0 heterocycles. The number of carbonyl (C=O) groups is 2. The van der Waals surface area contributed by atoms with Gasteiger partial charge in [-0.05, 0) is 43.4 Å². The van der Waals surface area contributed by atoms with Crippen LogP contribution in [-0.2, 0) is 16.1 Å². The molecule has 0 aliphatic heterocycles. The Morgan fingerprint density at radius 1 is 1.24 bits per heavy atom. The van der Waals surface area contributed by atoms with Gasteiger partial charge in [0.1, 0.15) is 0 Å². The monoisotopic (exact) mass is 373 g/mol. The lowest BCUT2D eigenvalue weighted by molar-refractivity contribution is -0.144. The van der Waals surface area contributed by atoms with Crippen molar-refractivity contribution >= 4 is 39.4 Å². The molecule has 1 aromatic rings. The van der Waals surface area contributed by atoms with Gasteiger partial charge in [-0.1, -0.05) is 33.6 Å². The van der Waals surface area contributed by atoms with Crippen molar-refractivity contribution in [3.8, 4) is 0 Å². The summed E-state index contributed by atoms with van der Waals surface area (Å²) in [6.45, 7) is 0.393. The molecule has 0 aromatic heterocycles. The second-order valence-corrected chi connectivity index (χ2v) is 6.66. The predicted octanol–water partition coefficient (Wildman–Crippen LogP) is 3.61. The van der Waals surface area contributed by atoms with Crippen LogP contribution in [-0.4, -0.2) is 17.0 Å². The summed E-state index contributed by atoms with van der Waals surface area (Å²) in [4.78, 5) is 23.0. The molecule has 1 fully saturated rings. The molecule has 21 heavy (non-hydrogen) atoms. The first kappa shape index (κ1) is 16.3. The fraction of sp³-hybridized carbons (Fsp3) is 0.467. The molecular formula is C15H17BrClNO3. The van der Waals surface area contributed by atoms with Crippen molar-refractivity contribution < 1.29 is 14.7 Å². The second-order valence-electron chi connectivity index (χ2n) is 5.34. The number of carbonyl (C=O) groups excluding carboxylic acids is 1. The lowest BCUT2D eigenvalue weighted by Gasteiger charge is -2.25. The van der Waals surface area contributed by atoms with Gasteiger partial charge in [-0.3, -0.25) is 9.59 Å². The molecule has 1 saturated carbocycles. The van der Waals surface area contributed by atoms with Crippen LogP contribution in [0.25, 0.3) is 0 Å². The lowest BCUT2D eigenvalue weighted by atomic mass is 9.81. The van der Waals surface area contributed by atoms with E-state index in [4.69, 9.17) is 16.7 Å². The number of hydrogen-bond donors (Lipinski definition) is 2. The molecule has 2 rings (SSSR count). The Bertz CT molecular complexity index is 542. The van der Waals surface area contributed by atoms with Gasteiger partial charge in [0.25, 0.3) is 0 Å². The number of benzene rings is 1. The Balaban J connectivity index is 1.84. The summed E-state index contributed by atoms with van der Waals surface area (Å²) in [5.41, 5.74) is 0.868. The maximum absolute atomic E-state index is 12.1. The summed E-state index contributed by atoms with van der Waals surface area (Å²) in [5.74, 6) is -1.15. The standard InChI is InChI=1S/C15H17BrClNO3/c16-12-6-5-11(13(17)7-12)8-18-14(19)9-1-3-10(4-2-9)15(20)21/h5-7,9-10H,1-4,8H2,(H,18,19)(H,20,21). The molecule has 0 bridgehead atoms. The molecule has 0 spiro atoms. The number of halogens is 2. The van der Waals surface area contributed by atoms with Crippen LogP contribution in [0.2, 0.25) is 5.02 Å². The Hall–Kier alpha value is -1.07. The van der Waals surface area contributed by atoms with E-state index in [2.05, 4.69) is 21.2 Å². The molecule has 0 saturated heterocycles. The average molecular weight is 375 g/mol. The van der Waals surface area contributed by atoms with Crippen molar-refractivity contribution in [2.45, 2.75) is 32.2 Å². The highest BCUT2D eigenvalue weighted by molar-refractivity contribution is 9.10. The first-order chi connectivity index (χ1) is 9.97. The van der Waals surface area contributed by atoms with Gasteiger partial charge in [0, 0.05) is 22.0 Å². The minimum Gasteiger partial charge on any atom is -0.481 e. The van der Waals surface area contributed by atoms with Gasteiger partial charge in [-0.15, -0.1) is 0 Å². The summed E-state index contributed by atoms with van der Waals surface area (Å²) in [5, 5.41) is 12.4. The number of carboxylic acids is 1. The summed E-state index contributed by atoms with van der Waals surface area (Å²) in [7, 11) is 0. The normalized spacial score (nSPS) is 21.8. The van der Waals surface area contributed by atoms with Crippen molar-refractivity contribution in [3.63, 3.8) is 0 Å². The van der Waals surface area contributed by atoms with Crippen LogP contribution >= 0.6 is 27.5 Å². The van der Waals surface area contributed by atoms with Gasteiger partial charge in [0.15, 0.2) is 0 Å². The highest BCUT2D eigenvalue weighted by Crippen LogP contribution is 2.29. The molecule has 1 aromatic carbocycles. The Labute approximate surface area is 137 Å². The molecule has 1 amide bonds. The number of aliphatic carboxylic acids is 1. The Kier molecular flexibility index (Phi) is 5.65. The van der Waals surface area contributed by atoms with E-state index in [1.165, 1.54) is 0 Å². The van der Waals surface area contributed by atoms with Gasteiger partial charge in [0.2, 0.25) is 5.91 Å². The van der Waals surface area contributed by atoms with Crippen LogP contribution in [0.3, 0.4) is 0 Å². The third-order valence-electron chi connectivity index (χ3n) is 3.92. The second kappa shape index (κ2) is 7.27. The molecule has 114 valence electrons. The fourth-order valence-corrected chi connectivity index (χ4v) is 3.33. The molecule has 6 heteroatoms. The average Bonchev–Trinajstić information content (AvgIpc) is 2.46. The molecule has 0 radical (unpaired) electrons. The van der Waals surface area contributed by atoms with Gasteiger partial charge in [-0.2, -0.15) is 0 Å². The number of amides is 1. The van der Waals surface area contributed by atoms with Crippen LogP contribution in [0, 0.1) is 11.8 Å². The lowest BCUT2D eigenvalue weighted by Crippen LogP contribution is -2.34. The number of nitrogens with one attached hydrogen (secondary N) is 1. The Morgan fingerprint density at radius 3 is 2.43 bits per heavy atom. The molecular weight excluding hydrogens is 358 g/mol. The molecule has 1 aliphatic carbocycles. The summed E-state index contributed by atoms with van der Waals surface area (Å²) < 4.78 is 0.898.